The summed E-state index contributed by atoms with van der Waals surface area (Å²) in [4.78, 5) is 26.0. The van der Waals surface area contributed by atoms with Crippen LogP contribution in [-0.4, -0.2) is 54.5 Å². The van der Waals surface area contributed by atoms with Gasteiger partial charge in [-0.2, -0.15) is 0 Å². The maximum absolute atomic E-state index is 12.2. The Hall–Kier alpha value is -0.460. The van der Waals surface area contributed by atoms with Crippen LogP contribution in [0.25, 0.3) is 0 Å². The lowest BCUT2D eigenvalue weighted by molar-refractivity contribution is -0.139. The van der Waals surface area contributed by atoms with Gasteiger partial charge in [0.1, 0.15) is 6.04 Å². The third-order valence-corrected chi connectivity index (χ3v) is 3.87. The minimum atomic E-state index is -0.309. The van der Waals surface area contributed by atoms with Crippen LogP contribution in [0.1, 0.15) is 27.2 Å². The zero-order valence-corrected chi connectivity index (χ0v) is 14.3. The van der Waals surface area contributed by atoms with Crippen LogP contribution in [0.5, 0.6) is 0 Å². The molecule has 1 rings (SSSR count). The number of nitrogens with one attached hydrogen (secondary N) is 2. The van der Waals surface area contributed by atoms with Crippen LogP contribution in [-0.2, 0) is 9.59 Å². The second-order valence-corrected chi connectivity index (χ2v) is 7.01. The number of nitrogens with zero attached hydrogens (tertiary/aromatic N) is 1. The second kappa shape index (κ2) is 8.74. The van der Waals surface area contributed by atoms with Gasteiger partial charge >= 0.3 is 0 Å². The van der Waals surface area contributed by atoms with Gasteiger partial charge < -0.3 is 15.5 Å². The van der Waals surface area contributed by atoms with Crippen LogP contribution in [0.3, 0.4) is 0 Å². The summed E-state index contributed by atoms with van der Waals surface area (Å²) in [7, 11) is 1.84. The van der Waals surface area contributed by atoms with E-state index in [0.717, 1.165) is 6.54 Å². The van der Waals surface area contributed by atoms with Gasteiger partial charge in [0.2, 0.25) is 11.8 Å². The van der Waals surface area contributed by atoms with E-state index in [1.165, 1.54) is 0 Å². The van der Waals surface area contributed by atoms with Gasteiger partial charge in [-0.05, 0) is 12.5 Å². The first-order chi connectivity index (χ1) is 8.85. The van der Waals surface area contributed by atoms with Gasteiger partial charge in [-0.3, -0.25) is 9.59 Å². The molecule has 1 fully saturated rings. The Labute approximate surface area is 132 Å². The van der Waals surface area contributed by atoms with Crippen molar-refractivity contribution in [3.63, 3.8) is 0 Å². The number of likely N-dealkylation sites (N-methyl/N-ethyl adjacent to an activating group) is 1. The van der Waals surface area contributed by atoms with E-state index in [-0.39, 0.29) is 35.7 Å². The average molecular weight is 324 g/mol. The first-order valence-corrected chi connectivity index (χ1v) is 7.80. The predicted molar refractivity (Wildman–Crippen MR) is 86.2 cm³/mol. The van der Waals surface area contributed by atoms with E-state index in [1.807, 2.05) is 27.8 Å². The van der Waals surface area contributed by atoms with E-state index in [0.29, 0.717) is 24.6 Å². The molecule has 0 aromatic carbocycles. The van der Waals surface area contributed by atoms with E-state index in [1.54, 1.807) is 16.7 Å². The van der Waals surface area contributed by atoms with Crippen LogP contribution < -0.4 is 10.6 Å². The quantitative estimate of drug-likeness (QED) is 0.743. The molecule has 0 spiro atoms. The average Bonchev–Trinajstić information content (AvgIpc) is 2.75. The Morgan fingerprint density at radius 1 is 1.30 bits per heavy atom. The monoisotopic (exact) mass is 323 g/mol. The number of carbonyl (C=O) groups excluding carboxylic acids is 2. The third kappa shape index (κ3) is 6.33. The number of hydrogen-bond donors (Lipinski definition) is 2. The molecule has 5 nitrogen and oxygen atoms in total. The van der Waals surface area contributed by atoms with Gasteiger partial charge in [-0.1, -0.05) is 20.8 Å². The summed E-state index contributed by atoms with van der Waals surface area (Å²) in [5.41, 5.74) is -0.0442. The standard InChI is InChI=1S/C13H25N3O2S.ClH/c1-13(2,3)7-11(17)16-9-19-8-10(16)12(18)15-6-5-14-4;/h10,14H,5-9H2,1-4H3,(H,15,18);1H. The number of carbonyl (C=O) groups is 2. The summed E-state index contributed by atoms with van der Waals surface area (Å²) >= 11 is 1.64. The predicted octanol–water partition coefficient (Wildman–Crippen LogP) is 1.08. The van der Waals surface area contributed by atoms with Gasteiger partial charge in [0.25, 0.3) is 0 Å². The summed E-state index contributed by atoms with van der Waals surface area (Å²) in [5, 5.41) is 5.84. The van der Waals surface area contributed by atoms with Crippen molar-refractivity contribution in [2.45, 2.75) is 33.2 Å². The molecule has 1 heterocycles. The Morgan fingerprint density at radius 2 is 1.95 bits per heavy atom. The van der Waals surface area contributed by atoms with Crippen molar-refractivity contribution >= 4 is 36.0 Å². The van der Waals surface area contributed by atoms with E-state index < -0.39 is 0 Å². The van der Waals surface area contributed by atoms with Gasteiger partial charge in [0.05, 0.1) is 5.88 Å². The number of rotatable bonds is 5. The summed E-state index contributed by atoms with van der Waals surface area (Å²) in [6.07, 6.45) is 0.480. The summed E-state index contributed by atoms with van der Waals surface area (Å²) in [6.45, 7) is 7.45. The fourth-order valence-corrected chi connectivity index (χ4v) is 3.07. The maximum atomic E-state index is 12.2. The lowest BCUT2D eigenvalue weighted by Crippen LogP contribution is -2.48. The molecular weight excluding hydrogens is 298 g/mol. The van der Waals surface area contributed by atoms with Crippen LogP contribution >= 0.6 is 24.2 Å². The van der Waals surface area contributed by atoms with Gasteiger partial charge in [-0.25, -0.2) is 0 Å². The van der Waals surface area contributed by atoms with E-state index >= 15 is 0 Å². The number of amides is 2. The molecule has 1 unspecified atom stereocenters. The maximum Gasteiger partial charge on any atom is 0.243 e. The molecule has 2 amide bonds. The van der Waals surface area contributed by atoms with Gasteiger partial charge in [0, 0.05) is 25.3 Å². The highest BCUT2D eigenvalue weighted by molar-refractivity contribution is 7.99. The minimum Gasteiger partial charge on any atom is -0.353 e. The van der Waals surface area contributed by atoms with Crippen LogP contribution in [0.15, 0.2) is 0 Å². The lowest BCUT2D eigenvalue weighted by atomic mass is 9.91. The lowest BCUT2D eigenvalue weighted by Gasteiger charge is -2.26. The Balaban J connectivity index is 0.00000361. The zero-order valence-electron chi connectivity index (χ0n) is 12.7. The Morgan fingerprint density at radius 3 is 2.50 bits per heavy atom. The molecule has 0 bridgehead atoms. The molecule has 0 aromatic heterocycles. The molecule has 1 atom stereocenters. The highest BCUT2D eigenvalue weighted by Gasteiger charge is 2.35. The van der Waals surface area contributed by atoms with Crippen LogP contribution in [0.4, 0.5) is 0 Å². The number of halogens is 1. The fourth-order valence-electron chi connectivity index (χ4n) is 1.89. The molecule has 2 N–H and O–H groups in total. The second-order valence-electron chi connectivity index (χ2n) is 6.01. The molecule has 0 saturated carbocycles. The molecule has 0 radical (unpaired) electrons. The largest absolute Gasteiger partial charge is 0.353 e. The first kappa shape index (κ1) is 19.5. The topological polar surface area (TPSA) is 61.4 Å². The molecule has 1 aliphatic rings. The van der Waals surface area contributed by atoms with Crippen molar-refractivity contribution in [3.8, 4) is 0 Å². The highest BCUT2D eigenvalue weighted by atomic mass is 35.5. The van der Waals surface area contributed by atoms with Crippen molar-refractivity contribution in [2.75, 3.05) is 31.8 Å². The normalized spacial score (nSPS) is 18.6. The smallest absolute Gasteiger partial charge is 0.243 e. The molecule has 0 aliphatic carbocycles. The molecule has 1 saturated heterocycles. The van der Waals surface area contributed by atoms with Crippen molar-refractivity contribution < 1.29 is 9.59 Å². The summed E-state index contributed by atoms with van der Waals surface area (Å²) in [5.74, 6) is 1.36. The first-order valence-electron chi connectivity index (χ1n) is 6.64. The molecule has 118 valence electrons. The van der Waals surface area contributed by atoms with Crippen LogP contribution in [0.2, 0.25) is 0 Å². The minimum absolute atomic E-state index is 0. The van der Waals surface area contributed by atoms with E-state index in [2.05, 4.69) is 10.6 Å². The molecule has 7 heteroatoms. The van der Waals surface area contributed by atoms with Crippen molar-refractivity contribution in [1.82, 2.24) is 15.5 Å². The fraction of sp³-hybridized carbons (Fsp3) is 0.846. The molecule has 20 heavy (non-hydrogen) atoms. The zero-order chi connectivity index (χ0) is 14.5. The molecule has 0 aromatic rings. The van der Waals surface area contributed by atoms with Crippen molar-refractivity contribution in [1.29, 1.82) is 0 Å². The highest BCUT2D eigenvalue weighted by Crippen LogP contribution is 2.26. The van der Waals surface area contributed by atoms with Crippen LogP contribution in [0, 0.1) is 5.41 Å². The number of thioether (sulfide) groups is 1. The van der Waals surface area contributed by atoms with Crippen molar-refractivity contribution in [3.05, 3.63) is 0 Å². The molecule has 1 aliphatic heterocycles. The van der Waals surface area contributed by atoms with E-state index in [9.17, 15) is 9.59 Å². The summed E-state index contributed by atoms with van der Waals surface area (Å²) in [6, 6.07) is -0.309. The Bertz CT molecular complexity index is 334. The SMILES string of the molecule is CNCCNC(=O)C1CSCN1C(=O)CC(C)(C)C.Cl. The third-order valence-electron chi connectivity index (χ3n) is 2.86. The van der Waals surface area contributed by atoms with Crippen molar-refractivity contribution in [2.24, 2.45) is 5.41 Å². The summed E-state index contributed by atoms with van der Waals surface area (Å²) < 4.78 is 0. The van der Waals surface area contributed by atoms with Gasteiger partial charge in [0.15, 0.2) is 0 Å². The van der Waals surface area contributed by atoms with E-state index in [4.69, 9.17) is 0 Å². The Kier molecular flexibility index (Phi) is 8.54. The van der Waals surface area contributed by atoms with Gasteiger partial charge in [-0.15, -0.1) is 24.2 Å². The number of hydrogen-bond acceptors (Lipinski definition) is 4. The molecular formula is C13H26ClN3O2S.